The Bertz CT molecular complexity index is 430. The first kappa shape index (κ1) is 11.9. The SMILES string of the molecule is CC[C@]1(C)OC(=O)N(c2ccccc2)[C@@]1(C)O. The van der Waals surface area contributed by atoms with Gasteiger partial charge in [0, 0.05) is 0 Å². The Kier molecular flexibility index (Phi) is 2.62. The second-order valence-electron chi connectivity index (χ2n) is 4.64. The molecule has 0 unspecified atom stereocenters. The van der Waals surface area contributed by atoms with Gasteiger partial charge in [-0.15, -0.1) is 0 Å². The third-order valence-corrected chi connectivity index (χ3v) is 3.62. The number of aliphatic hydroxyl groups is 1. The van der Waals surface area contributed by atoms with Gasteiger partial charge in [-0.1, -0.05) is 25.1 Å². The van der Waals surface area contributed by atoms with Gasteiger partial charge in [0.05, 0.1) is 5.69 Å². The van der Waals surface area contributed by atoms with Crippen LogP contribution in [0.3, 0.4) is 0 Å². The second kappa shape index (κ2) is 3.74. The number of carbonyl (C=O) groups is 1. The van der Waals surface area contributed by atoms with E-state index in [1.165, 1.54) is 4.90 Å². The van der Waals surface area contributed by atoms with Crippen LogP contribution in [-0.4, -0.2) is 22.5 Å². The van der Waals surface area contributed by atoms with Crippen LogP contribution in [0, 0.1) is 0 Å². The van der Waals surface area contributed by atoms with E-state index in [2.05, 4.69) is 0 Å². The van der Waals surface area contributed by atoms with Crippen molar-refractivity contribution in [2.24, 2.45) is 0 Å². The van der Waals surface area contributed by atoms with Crippen molar-refractivity contribution in [3.8, 4) is 0 Å². The van der Waals surface area contributed by atoms with Gasteiger partial charge < -0.3 is 9.84 Å². The zero-order chi connectivity index (χ0) is 12.7. The molecule has 1 aliphatic rings. The summed E-state index contributed by atoms with van der Waals surface area (Å²) in [7, 11) is 0. The highest BCUT2D eigenvalue weighted by Crippen LogP contribution is 2.42. The van der Waals surface area contributed by atoms with Crippen molar-refractivity contribution in [1.82, 2.24) is 0 Å². The van der Waals surface area contributed by atoms with E-state index in [9.17, 15) is 9.90 Å². The van der Waals surface area contributed by atoms with Gasteiger partial charge in [-0.2, -0.15) is 0 Å². The highest BCUT2D eigenvalue weighted by molar-refractivity contribution is 5.92. The summed E-state index contributed by atoms with van der Waals surface area (Å²) < 4.78 is 5.32. The topological polar surface area (TPSA) is 49.8 Å². The van der Waals surface area contributed by atoms with Crippen LogP contribution < -0.4 is 4.90 Å². The summed E-state index contributed by atoms with van der Waals surface area (Å²) in [5.74, 6) is 0. The maximum atomic E-state index is 11.9. The summed E-state index contributed by atoms with van der Waals surface area (Å²) >= 11 is 0. The summed E-state index contributed by atoms with van der Waals surface area (Å²) in [6, 6.07) is 9.05. The van der Waals surface area contributed by atoms with Crippen molar-refractivity contribution >= 4 is 11.8 Å². The molecule has 1 aromatic carbocycles. The van der Waals surface area contributed by atoms with Gasteiger partial charge in [-0.05, 0) is 32.4 Å². The van der Waals surface area contributed by atoms with Crippen LogP contribution in [0.1, 0.15) is 27.2 Å². The normalized spacial score (nSPS) is 32.7. The second-order valence-corrected chi connectivity index (χ2v) is 4.64. The molecule has 0 aliphatic carbocycles. The number of cyclic esters (lactones) is 1. The Hall–Kier alpha value is -1.55. The Morgan fingerprint density at radius 3 is 2.35 bits per heavy atom. The summed E-state index contributed by atoms with van der Waals surface area (Å²) in [5, 5.41) is 10.6. The Morgan fingerprint density at radius 1 is 1.29 bits per heavy atom. The molecule has 2 rings (SSSR count). The molecule has 17 heavy (non-hydrogen) atoms. The predicted molar refractivity (Wildman–Crippen MR) is 64.7 cm³/mol. The first-order chi connectivity index (χ1) is 7.92. The van der Waals surface area contributed by atoms with Crippen molar-refractivity contribution < 1.29 is 14.6 Å². The lowest BCUT2D eigenvalue weighted by Gasteiger charge is -2.36. The van der Waals surface area contributed by atoms with Gasteiger partial charge in [0.1, 0.15) is 0 Å². The van der Waals surface area contributed by atoms with Gasteiger partial charge in [0.2, 0.25) is 0 Å². The smallest absolute Gasteiger partial charge is 0.417 e. The molecule has 4 heteroatoms. The molecule has 1 N–H and O–H groups in total. The molecule has 2 atom stereocenters. The summed E-state index contributed by atoms with van der Waals surface area (Å²) in [6.07, 6.45) is 0.0419. The van der Waals surface area contributed by atoms with Crippen molar-refractivity contribution in [2.75, 3.05) is 4.90 Å². The van der Waals surface area contributed by atoms with E-state index in [-0.39, 0.29) is 0 Å². The average Bonchev–Trinajstić information content (AvgIpc) is 2.47. The molecule has 1 saturated heterocycles. The molecular formula is C13H17NO3. The van der Waals surface area contributed by atoms with Crippen LogP contribution in [0.2, 0.25) is 0 Å². The maximum Gasteiger partial charge on any atom is 0.417 e. The number of hydrogen-bond acceptors (Lipinski definition) is 3. The molecule has 1 fully saturated rings. The Balaban J connectivity index is 2.46. The van der Waals surface area contributed by atoms with Crippen LogP contribution in [0.25, 0.3) is 0 Å². The molecule has 1 aliphatic heterocycles. The van der Waals surface area contributed by atoms with Crippen LogP contribution in [0.5, 0.6) is 0 Å². The number of para-hydroxylation sites is 1. The molecule has 0 aromatic heterocycles. The zero-order valence-electron chi connectivity index (χ0n) is 10.3. The zero-order valence-corrected chi connectivity index (χ0v) is 10.3. The van der Waals surface area contributed by atoms with Crippen molar-refractivity contribution in [1.29, 1.82) is 0 Å². The number of rotatable bonds is 2. The third kappa shape index (κ3) is 1.60. The van der Waals surface area contributed by atoms with E-state index in [4.69, 9.17) is 4.74 Å². The van der Waals surface area contributed by atoms with Crippen LogP contribution in [0.15, 0.2) is 30.3 Å². The Labute approximate surface area is 101 Å². The Morgan fingerprint density at radius 2 is 1.88 bits per heavy atom. The standard InChI is InChI=1S/C13H17NO3/c1-4-12(2)13(3,16)14(11(15)17-12)10-8-6-5-7-9-10/h5-9,16H,4H2,1-3H3/t12-,13-/m0/s1. The average molecular weight is 235 g/mol. The number of carbonyl (C=O) groups excluding carboxylic acids is 1. The molecule has 4 nitrogen and oxygen atoms in total. The fourth-order valence-corrected chi connectivity index (χ4v) is 2.09. The van der Waals surface area contributed by atoms with Gasteiger partial charge in [0.15, 0.2) is 11.3 Å². The van der Waals surface area contributed by atoms with E-state index < -0.39 is 17.4 Å². The van der Waals surface area contributed by atoms with E-state index in [1.54, 1.807) is 26.0 Å². The van der Waals surface area contributed by atoms with Gasteiger partial charge in [0.25, 0.3) is 0 Å². The van der Waals surface area contributed by atoms with Crippen LogP contribution in [0.4, 0.5) is 10.5 Å². The lowest BCUT2D eigenvalue weighted by molar-refractivity contribution is -0.0861. The molecule has 0 spiro atoms. The van der Waals surface area contributed by atoms with Crippen molar-refractivity contribution in [2.45, 2.75) is 38.5 Å². The first-order valence-corrected chi connectivity index (χ1v) is 5.73. The van der Waals surface area contributed by atoms with E-state index in [0.717, 1.165) is 0 Å². The first-order valence-electron chi connectivity index (χ1n) is 5.73. The van der Waals surface area contributed by atoms with Crippen molar-refractivity contribution in [3.63, 3.8) is 0 Å². The maximum absolute atomic E-state index is 11.9. The number of nitrogens with zero attached hydrogens (tertiary/aromatic N) is 1. The highest BCUT2D eigenvalue weighted by atomic mass is 16.6. The molecule has 1 aromatic rings. The lowest BCUT2D eigenvalue weighted by atomic mass is 9.90. The van der Waals surface area contributed by atoms with Gasteiger partial charge >= 0.3 is 6.09 Å². The fraction of sp³-hybridized carbons (Fsp3) is 0.462. The summed E-state index contributed by atoms with van der Waals surface area (Å²) in [6.45, 7) is 5.23. The number of anilines is 1. The highest BCUT2D eigenvalue weighted by Gasteiger charge is 2.58. The van der Waals surface area contributed by atoms with E-state index >= 15 is 0 Å². The van der Waals surface area contributed by atoms with Gasteiger partial charge in [-0.25, -0.2) is 9.69 Å². The lowest BCUT2D eigenvalue weighted by Crippen LogP contribution is -2.55. The minimum Gasteiger partial charge on any atom is -0.438 e. The van der Waals surface area contributed by atoms with Crippen LogP contribution >= 0.6 is 0 Å². The molecule has 0 radical (unpaired) electrons. The number of benzene rings is 1. The quantitative estimate of drug-likeness (QED) is 0.856. The van der Waals surface area contributed by atoms with E-state index in [0.29, 0.717) is 12.1 Å². The number of hydrogen-bond donors (Lipinski definition) is 1. The molecular weight excluding hydrogens is 218 g/mol. The van der Waals surface area contributed by atoms with E-state index in [1.807, 2.05) is 25.1 Å². The van der Waals surface area contributed by atoms with Crippen LogP contribution in [-0.2, 0) is 4.74 Å². The van der Waals surface area contributed by atoms with Crippen molar-refractivity contribution in [3.05, 3.63) is 30.3 Å². The minimum atomic E-state index is -1.35. The molecule has 1 amide bonds. The monoisotopic (exact) mass is 235 g/mol. The summed E-state index contributed by atoms with van der Waals surface area (Å²) in [5.41, 5.74) is -1.60. The molecule has 0 saturated carbocycles. The molecule has 0 bridgehead atoms. The number of amides is 1. The fourth-order valence-electron chi connectivity index (χ4n) is 2.09. The van der Waals surface area contributed by atoms with Gasteiger partial charge in [-0.3, -0.25) is 0 Å². The predicted octanol–water partition coefficient (Wildman–Crippen LogP) is 2.52. The third-order valence-electron chi connectivity index (χ3n) is 3.62. The summed E-state index contributed by atoms with van der Waals surface area (Å²) in [4.78, 5) is 13.2. The molecule has 1 heterocycles. The largest absolute Gasteiger partial charge is 0.438 e. The number of ether oxygens (including phenoxy) is 1. The molecule has 92 valence electrons. The minimum absolute atomic E-state index is 0.509.